The summed E-state index contributed by atoms with van der Waals surface area (Å²) >= 11 is 11.8. The number of anilines is 1. The second kappa shape index (κ2) is 5.66. The van der Waals surface area contributed by atoms with Crippen LogP contribution in [-0.4, -0.2) is 16.9 Å². The summed E-state index contributed by atoms with van der Waals surface area (Å²) in [5.74, 6) is -0.0964. The first-order valence-corrected chi connectivity index (χ1v) is 7.56. The minimum atomic E-state index is -0.0964. The molecule has 0 saturated carbocycles. The zero-order chi connectivity index (χ0) is 15.0. The predicted molar refractivity (Wildman–Crippen MR) is 85.3 cm³/mol. The zero-order valence-corrected chi connectivity index (χ0v) is 13.0. The number of carbonyl (C=O) groups excluding carboxylic acids is 1. The van der Waals surface area contributed by atoms with Crippen LogP contribution >= 0.6 is 23.2 Å². The molecule has 1 atom stereocenters. The first-order chi connectivity index (χ1) is 10.1. The van der Waals surface area contributed by atoms with Crippen LogP contribution in [0, 0.1) is 0 Å². The molecule has 1 aliphatic rings. The number of fused-ring (bicyclic) bond motifs is 1. The second-order valence-corrected chi connectivity index (χ2v) is 5.97. The number of aromatic nitrogens is 1. The molecular formula is C16H14Cl2N2O. The molecule has 0 N–H and O–H groups in total. The number of hydrogen-bond donors (Lipinski definition) is 0. The Kier molecular flexibility index (Phi) is 3.87. The third-order valence-electron chi connectivity index (χ3n) is 3.75. The van der Waals surface area contributed by atoms with Gasteiger partial charge in [-0.3, -0.25) is 4.79 Å². The maximum atomic E-state index is 12.9. The van der Waals surface area contributed by atoms with Gasteiger partial charge in [0.25, 0.3) is 5.91 Å². The monoisotopic (exact) mass is 320 g/mol. The Morgan fingerprint density at radius 3 is 2.62 bits per heavy atom. The average molecular weight is 321 g/mol. The van der Waals surface area contributed by atoms with E-state index < -0.39 is 0 Å². The van der Waals surface area contributed by atoms with Crippen molar-refractivity contribution in [2.24, 2.45) is 0 Å². The van der Waals surface area contributed by atoms with Gasteiger partial charge in [0.15, 0.2) is 0 Å². The molecule has 1 aliphatic heterocycles. The van der Waals surface area contributed by atoms with Crippen LogP contribution in [0.1, 0.15) is 29.3 Å². The van der Waals surface area contributed by atoms with Gasteiger partial charge in [0.05, 0.1) is 0 Å². The number of benzene rings is 1. The molecule has 0 bridgehead atoms. The smallest absolute Gasteiger partial charge is 0.258 e. The minimum absolute atomic E-state index is 0.0964. The molecule has 5 heteroatoms. The number of halogens is 2. The van der Waals surface area contributed by atoms with Crippen LogP contribution in [0.2, 0.25) is 10.3 Å². The van der Waals surface area contributed by atoms with E-state index in [4.69, 9.17) is 23.2 Å². The van der Waals surface area contributed by atoms with Crippen LogP contribution in [0.25, 0.3) is 0 Å². The summed E-state index contributed by atoms with van der Waals surface area (Å²) in [5, 5.41) is 0.451. The highest BCUT2D eigenvalue weighted by Gasteiger charge is 2.29. The lowest BCUT2D eigenvalue weighted by Crippen LogP contribution is -2.42. The van der Waals surface area contributed by atoms with Gasteiger partial charge in [0.1, 0.15) is 10.3 Å². The number of rotatable bonds is 1. The summed E-state index contributed by atoms with van der Waals surface area (Å²) in [6, 6.07) is 11.2. The van der Waals surface area contributed by atoms with E-state index in [1.807, 2.05) is 23.1 Å². The molecule has 0 radical (unpaired) electrons. The fourth-order valence-corrected chi connectivity index (χ4v) is 3.19. The lowest BCUT2D eigenvalue weighted by Gasteiger charge is -2.35. The molecule has 0 spiro atoms. The highest BCUT2D eigenvalue weighted by Crippen LogP contribution is 2.32. The molecular weight excluding hydrogens is 307 g/mol. The maximum absolute atomic E-state index is 12.9. The summed E-state index contributed by atoms with van der Waals surface area (Å²) in [5.41, 5.74) is 2.61. The fraction of sp³-hybridized carbons (Fsp3) is 0.250. The molecule has 108 valence electrons. The molecule has 3 rings (SSSR count). The van der Waals surface area contributed by atoms with Gasteiger partial charge >= 0.3 is 0 Å². The van der Waals surface area contributed by atoms with Gasteiger partial charge < -0.3 is 4.90 Å². The van der Waals surface area contributed by atoms with Crippen molar-refractivity contribution >= 4 is 34.8 Å². The normalized spacial score (nSPS) is 17.5. The number of nitrogens with zero attached hydrogens (tertiary/aromatic N) is 2. The van der Waals surface area contributed by atoms with Gasteiger partial charge in [-0.2, -0.15) is 0 Å². The van der Waals surface area contributed by atoms with Crippen LogP contribution in [-0.2, 0) is 6.42 Å². The summed E-state index contributed by atoms with van der Waals surface area (Å²) in [4.78, 5) is 18.6. The van der Waals surface area contributed by atoms with Crippen molar-refractivity contribution in [3.05, 3.63) is 57.8 Å². The third-order valence-corrected chi connectivity index (χ3v) is 4.14. The number of aryl methyl sites for hydroxylation is 1. The largest absolute Gasteiger partial charge is 0.305 e. The van der Waals surface area contributed by atoms with E-state index in [9.17, 15) is 4.79 Å². The van der Waals surface area contributed by atoms with E-state index in [0.717, 1.165) is 18.5 Å². The Morgan fingerprint density at radius 2 is 1.90 bits per heavy atom. The molecule has 2 aromatic rings. The van der Waals surface area contributed by atoms with Gasteiger partial charge in [0, 0.05) is 17.3 Å². The van der Waals surface area contributed by atoms with Gasteiger partial charge in [-0.1, -0.05) is 41.4 Å². The molecule has 0 saturated heterocycles. The average Bonchev–Trinajstić information content (AvgIpc) is 2.45. The summed E-state index contributed by atoms with van der Waals surface area (Å²) in [6.07, 6.45) is 1.92. The molecule has 21 heavy (non-hydrogen) atoms. The molecule has 1 aromatic carbocycles. The van der Waals surface area contributed by atoms with Crippen LogP contribution in [0.15, 0.2) is 36.4 Å². The quantitative estimate of drug-likeness (QED) is 0.731. The third kappa shape index (κ3) is 2.76. The summed E-state index contributed by atoms with van der Waals surface area (Å²) < 4.78 is 0. The van der Waals surface area contributed by atoms with Crippen molar-refractivity contribution in [1.29, 1.82) is 0 Å². The van der Waals surface area contributed by atoms with Gasteiger partial charge in [0.2, 0.25) is 0 Å². The van der Waals surface area contributed by atoms with E-state index in [1.165, 1.54) is 5.56 Å². The molecule has 1 aromatic heterocycles. The Balaban J connectivity index is 2.04. The molecule has 2 heterocycles. The molecule has 3 nitrogen and oxygen atoms in total. The summed E-state index contributed by atoms with van der Waals surface area (Å²) in [6.45, 7) is 2.05. The van der Waals surface area contributed by atoms with Crippen LogP contribution in [0.4, 0.5) is 5.69 Å². The van der Waals surface area contributed by atoms with E-state index >= 15 is 0 Å². The first kappa shape index (κ1) is 14.4. The fourth-order valence-electron chi connectivity index (χ4n) is 2.73. The van der Waals surface area contributed by atoms with E-state index in [1.54, 1.807) is 12.1 Å². The number of amides is 1. The van der Waals surface area contributed by atoms with Gasteiger partial charge in [-0.25, -0.2) is 4.98 Å². The number of hydrogen-bond acceptors (Lipinski definition) is 2. The second-order valence-electron chi connectivity index (χ2n) is 5.19. The van der Waals surface area contributed by atoms with Gasteiger partial charge in [-0.05, 0) is 43.5 Å². The predicted octanol–water partition coefficient (Wildman–Crippen LogP) is 4.37. The van der Waals surface area contributed by atoms with Crippen molar-refractivity contribution < 1.29 is 4.79 Å². The minimum Gasteiger partial charge on any atom is -0.305 e. The molecule has 1 amide bonds. The SMILES string of the molecule is CC1CCc2ccccc2N1C(=O)c1cc(Cl)nc(Cl)c1. The Hall–Kier alpha value is -1.58. The maximum Gasteiger partial charge on any atom is 0.258 e. The lowest BCUT2D eigenvalue weighted by atomic mass is 9.96. The molecule has 0 fully saturated rings. The van der Waals surface area contributed by atoms with Crippen LogP contribution < -0.4 is 4.90 Å². The topological polar surface area (TPSA) is 33.2 Å². The van der Waals surface area contributed by atoms with E-state index in [0.29, 0.717) is 5.56 Å². The van der Waals surface area contributed by atoms with Crippen LogP contribution in [0.3, 0.4) is 0 Å². The standard InChI is InChI=1S/C16H14Cl2N2O/c1-10-6-7-11-4-2-3-5-13(11)20(10)16(21)12-8-14(17)19-15(18)9-12/h2-5,8-10H,6-7H2,1H3. The van der Waals surface area contributed by atoms with E-state index in [-0.39, 0.29) is 22.3 Å². The summed E-state index contributed by atoms with van der Waals surface area (Å²) in [7, 11) is 0. The van der Waals surface area contributed by atoms with Crippen molar-refractivity contribution in [3.8, 4) is 0 Å². The molecule has 0 aliphatic carbocycles. The van der Waals surface area contributed by atoms with Crippen molar-refractivity contribution in [2.45, 2.75) is 25.8 Å². The van der Waals surface area contributed by atoms with Crippen molar-refractivity contribution in [3.63, 3.8) is 0 Å². The number of carbonyl (C=O) groups is 1. The zero-order valence-electron chi connectivity index (χ0n) is 11.5. The highest BCUT2D eigenvalue weighted by atomic mass is 35.5. The van der Waals surface area contributed by atoms with E-state index in [2.05, 4.69) is 18.0 Å². The molecule has 1 unspecified atom stereocenters. The number of pyridine rings is 1. The number of para-hydroxylation sites is 1. The Labute approximate surface area is 133 Å². The Morgan fingerprint density at radius 1 is 1.24 bits per heavy atom. The lowest BCUT2D eigenvalue weighted by molar-refractivity contribution is 0.0975. The van der Waals surface area contributed by atoms with Crippen molar-refractivity contribution in [1.82, 2.24) is 4.98 Å². The van der Waals surface area contributed by atoms with Gasteiger partial charge in [-0.15, -0.1) is 0 Å². The van der Waals surface area contributed by atoms with Crippen molar-refractivity contribution in [2.75, 3.05) is 4.90 Å². The van der Waals surface area contributed by atoms with Crippen LogP contribution in [0.5, 0.6) is 0 Å². The Bertz CT molecular complexity index is 682. The first-order valence-electron chi connectivity index (χ1n) is 6.81. The highest BCUT2D eigenvalue weighted by molar-refractivity contribution is 6.33.